The number of hydrogen-bond donors (Lipinski definition) is 2. The molecular weight excluding hydrogens is 240 g/mol. The minimum Gasteiger partial charge on any atom is -0.398 e. The van der Waals surface area contributed by atoms with Gasteiger partial charge in [-0.2, -0.15) is 0 Å². The van der Waals surface area contributed by atoms with E-state index < -0.39 is 0 Å². The van der Waals surface area contributed by atoms with Crippen LogP contribution in [0.1, 0.15) is 5.56 Å². The van der Waals surface area contributed by atoms with Crippen molar-refractivity contribution in [3.8, 4) is 0 Å². The molecule has 3 rings (SSSR count). The van der Waals surface area contributed by atoms with Crippen LogP contribution < -0.4 is 5.73 Å². The van der Waals surface area contributed by atoms with Gasteiger partial charge in [-0.3, -0.25) is 0 Å². The summed E-state index contributed by atoms with van der Waals surface area (Å²) in [6, 6.07) is 17.8. The number of benzene rings is 2. The first-order valence-electron chi connectivity index (χ1n) is 5.58. The van der Waals surface area contributed by atoms with Crippen LogP contribution in [0.3, 0.4) is 0 Å². The zero-order chi connectivity index (χ0) is 12.8. The highest BCUT2D eigenvalue weighted by molar-refractivity contribution is 7.17. The number of para-hydroxylation sites is 1. The SMILES string of the molecule is N=Cc1ccccc1N.c1ccc2sccc2c1. The Balaban J connectivity index is 0.000000134. The molecule has 0 aliphatic heterocycles. The summed E-state index contributed by atoms with van der Waals surface area (Å²) in [5.41, 5.74) is 6.92. The molecule has 90 valence electrons. The molecule has 0 atom stereocenters. The average Bonchev–Trinajstić information content (AvgIpc) is 2.88. The Morgan fingerprint density at radius 2 is 1.67 bits per heavy atom. The maximum Gasteiger partial charge on any atom is 0.0402 e. The third kappa shape index (κ3) is 2.96. The summed E-state index contributed by atoms with van der Waals surface area (Å²) in [5.74, 6) is 0. The number of nitrogen functional groups attached to an aromatic ring is 1. The molecule has 0 saturated heterocycles. The Labute approximate surface area is 110 Å². The standard InChI is InChI=1S/C8H6S.C7H8N2/c1-2-4-8-7(3-1)5-6-9-8;8-5-6-3-1-2-4-7(6)9/h1-6H;1-5,8H,9H2. The molecule has 0 aliphatic carbocycles. The summed E-state index contributed by atoms with van der Waals surface area (Å²) in [6.07, 6.45) is 1.25. The van der Waals surface area contributed by atoms with Crippen molar-refractivity contribution in [3.63, 3.8) is 0 Å². The van der Waals surface area contributed by atoms with Crippen LogP contribution in [0.5, 0.6) is 0 Å². The number of hydrogen-bond acceptors (Lipinski definition) is 3. The second kappa shape index (κ2) is 5.98. The van der Waals surface area contributed by atoms with Crippen LogP contribution in [-0.2, 0) is 0 Å². The van der Waals surface area contributed by atoms with Crippen LogP contribution in [0.25, 0.3) is 10.1 Å². The molecule has 0 radical (unpaired) electrons. The molecule has 18 heavy (non-hydrogen) atoms. The Bertz CT molecular complexity index is 613. The van der Waals surface area contributed by atoms with Gasteiger partial charge in [-0.25, -0.2) is 0 Å². The van der Waals surface area contributed by atoms with Gasteiger partial charge in [-0.15, -0.1) is 11.3 Å². The minimum atomic E-state index is 0.660. The van der Waals surface area contributed by atoms with E-state index >= 15 is 0 Å². The molecular formula is C15H14N2S. The number of rotatable bonds is 1. The molecule has 2 nitrogen and oxygen atoms in total. The molecule has 3 N–H and O–H groups in total. The van der Waals surface area contributed by atoms with Gasteiger partial charge < -0.3 is 11.1 Å². The molecule has 0 aliphatic rings. The summed E-state index contributed by atoms with van der Waals surface area (Å²) in [7, 11) is 0. The summed E-state index contributed by atoms with van der Waals surface area (Å²) in [5, 5.41) is 10.3. The van der Waals surface area contributed by atoms with Crippen molar-refractivity contribution in [3.05, 3.63) is 65.5 Å². The van der Waals surface area contributed by atoms with E-state index in [0.717, 1.165) is 5.56 Å². The predicted octanol–water partition coefficient (Wildman–Crippen LogP) is 4.17. The molecule has 3 heteroatoms. The fourth-order valence-electron chi connectivity index (χ4n) is 1.55. The Morgan fingerprint density at radius 3 is 2.33 bits per heavy atom. The molecule has 2 aromatic carbocycles. The summed E-state index contributed by atoms with van der Waals surface area (Å²) < 4.78 is 1.37. The molecule has 0 saturated carbocycles. The number of nitrogens with two attached hydrogens (primary N) is 1. The van der Waals surface area contributed by atoms with Gasteiger partial charge in [-0.1, -0.05) is 36.4 Å². The quantitative estimate of drug-likeness (QED) is 0.497. The lowest BCUT2D eigenvalue weighted by atomic mass is 10.2. The van der Waals surface area contributed by atoms with Gasteiger partial charge in [0.25, 0.3) is 0 Å². The first-order chi connectivity index (χ1) is 8.81. The second-order valence-electron chi connectivity index (χ2n) is 3.73. The van der Waals surface area contributed by atoms with Crippen molar-refractivity contribution in [2.75, 3.05) is 5.73 Å². The third-order valence-electron chi connectivity index (χ3n) is 2.51. The Kier molecular flexibility index (Phi) is 4.10. The Hall–Kier alpha value is -2.13. The van der Waals surface area contributed by atoms with E-state index in [1.807, 2.05) is 18.2 Å². The molecule has 0 fully saturated rings. The highest BCUT2D eigenvalue weighted by Gasteiger charge is 1.89. The predicted molar refractivity (Wildman–Crippen MR) is 80.6 cm³/mol. The third-order valence-corrected chi connectivity index (χ3v) is 3.41. The van der Waals surface area contributed by atoms with Gasteiger partial charge in [0.2, 0.25) is 0 Å². The van der Waals surface area contributed by atoms with Gasteiger partial charge in [0.05, 0.1) is 0 Å². The summed E-state index contributed by atoms with van der Waals surface area (Å²) in [6.45, 7) is 0. The highest BCUT2D eigenvalue weighted by Crippen LogP contribution is 2.18. The van der Waals surface area contributed by atoms with E-state index in [0.29, 0.717) is 5.69 Å². The van der Waals surface area contributed by atoms with Crippen molar-refractivity contribution < 1.29 is 0 Å². The molecule has 0 amide bonds. The van der Waals surface area contributed by atoms with E-state index in [2.05, 4.69) is 35.7 Å². The van der Waals surface area contributed by atoms with Gasteiger partial charge in [0.15, 0.2) is 0 Å². The monoisotopic (exact) mass is 254 g/mol. The number of anilines is 1. The largest absolute Gasteiger partial charge is 0.398 e. The zero-order valence-electron chi connectivity index (χ0n) is 9.84. The Morgan fingerprint density at radius 1 is 0.944 bits per heavy atom. The summed E-state index contributed by atoms with van der Waals surface area (Å²) in [4.78, 5) is 0. The van der Waals surface area contributed by atoms with Gasteiger partial charge in [-0.05, 0) is 29.0 Å². The normalized spacial score (nSPS) is 9.56. The van der Waals surface area contributed by atoms with Crippen molar-refractivity contribution in [1.82, 2.24) is 0 Å². The molecule has 1 heterocycles. The zero-order valence-corrected chi connectivity index (χ0v) is 10.7. The van der Waals surface area contributed by atoms with Crippen molar-refractivity contribution in [1.29, 1.82) is 5.41 Å². The van der Waals surface area contributed by atoms with Crippen LogP contribution in [0, 0.1) is 5.41 Å². The lowest BCUT2D eigenvalue weighted by molar-refractivity contribution is 1.54. The van der Waals surface area contributed by atoms with E-state index in [9.17, 15) is 0 Å². The average molecular weight is 254 g/mol. The van der Waals surface area contributed by atoms with Crippen LogP contribution in [0.15, 0.2) is 60.0 Å². The number of fused-ring (bicyclic) bond motifs is 1. The maximum absolute atomic E-state index is 6.88. The van der Waals surface area contributed by atoms with Crippen molar-refractivity contribution in [2.24, 2.45) is 0 Å². The molecule has 0 spiro atoms. The van der Waals surface area contributed by atoms with Gasteiger partial charge >= 0.3 is 0 Å². The van der Waals surface area contributed by atoms with Crippen molar-refractivity contribution in [2.45, 2.75) is 0 Å². The maximum atomic E-state index is 6.88. The summed E-state index contributed by atoms with van der Waals surface area (Å²) >= 11 is 1.79. The number of nitrogens with one attached hydrogen (secondary N) is 1. The fraction of sp³-hybridized carbons (Fsp3) is 0. The molecule has 1 aromatic heterocycles. The first kappa shape index (κ1) is 12.3. The smallest absolute Gasteiger partial charge is 0.0402 e. The van der Waals surface area contributed by atoms with Crippen molar-refractivity contribution >= 4 is 33.3 Å². The molecule has 0 bridgehead atoms. The van der Waals surface area contributed by atoms with Crippen LogP contribution >= 0.6 is 11.3 Å². The van der Waals surface area contributed by atoms with Crippen LogP contribution in [0.2, 0.25) is 0 Å². The molecule has 0 unspecified atom stereocenters. The fourth-order valence-corrected chi connectivity index (χ4v) is 2.34. The first-order valence-corrected chi connectivity index (χ1v) is 6.46. The van der Waals surface area contributed by atoms with E-state index in [1.54, 1.807) is 17.4 Å². The van der Waals surface area contributed by atoms with Gasteiger partial charge in [0.1, 0.15) is 0 Å². The highest BCUT2D eigenvalue weighted by atomic mass is 32.1. The lowest BCUT2D eigenvalue weighted by Crippen LogP contribution is -1.90. The van der Waals surface area contributed by atoms with E-state index in [4.69, 9.17) is 11.1 Å². The van der Waals surface area contributed by atoms with E-state index in [-0.39, 0.29) is 0 Å². The molecule has 3 aromatic rings. The minimum absolute atomic E-state index is 0.660. The van der Waals surface area contributed by atoms with Crippen LogP contribution in [0.4, 0.5) is 5.69 Å². The second-order valence-corrected chi connectivity index (χ2v) is 4.68. The van der Waals surface area contributed by atoms with Gasteiger partial charge in [0, 0.05) is 22.2 Å². The lowest BCUT2D eigenvalue weighted by Gasteiger charge is -1.94. The van der Waals surface area contributed by atoms with E-state index in [1.165, 1.54) is 16.3 Å². The topological polar surface area (TPSA) is 49.9 Å². The number of thiophene rings is 1. The van der Waals surface area contributed by atoms with Crippen LogP contribution in [-0.4, -0.2) is 6.21 Å².